The third-order valence-corrected chi connectivity index (χ3v) is 3.38. The Morgan fingerprint density at radius 2 is 2.05 bits per heavy atom. The lowest BCUT2D eigenvalue weighted by Gasteiger charge is -2.19. The smallest absolute Gasteiger partial charge is 0.327 e. The van der Waals surface area contributed by atoms with Gasteiger partial charge < -0.3 is 9.64 Å². The van der Waals surface area contributed by atoms with Gasteiger partial charge in [-0.25, -0.2) is 4.68 Å². The second kappa shape index (κ2) is 7.40. The molecule has 1 aromatic heterocycles. The minimum absolute atomic E-state index is 0.177. The van der Waals surface area contributed by atoms with Crippen LogP contribution in [0.2, 0.25) is 0 Å². The minimum atomic E-state index is -0.500. The Balaban J connectivity index is 2.01. The van der Waals surface area contributed by atoms with E-state index >= 15 is 0 Å². The fraction of sp³-hybridized carbons (Fsp3) is 0.312. The van der Waals surface area contributed by atoms with Crippen molar-refractivity contribution in [1.82, 2.24) is 9.78 Å². The van der Waals surface area contributed by atoms with Gasteiger partial charge >= 0.3 is 5.97 Å². The maximum atomic E-state index is 11.9. The lowest BCUT2D eigenvalue weighted by Crippen LogP contribution is -2.29. The Morgan fingerprint density at radius 3 is 2.68 bits per heavy atom. The van der Waals surface area contributed by atoms with E-state index in [0.717, 1.165) is 23.3 Å². The van der Waals surface area contributed by atoms with E-state index < -0.39 is 5.97 Å². The van der Waals surface area contributed by atoms with Gasteiger partial charge in [0.05, 0.1) is 19.0 Å². The Morgan fingerprint density at radius 1 is 1.32 bits per heavy atom. The van der Waals surface area contributed by atoms with Gasteiger partial charge in [0.1, 0.15) is 6.54 Å². The highest BCUT2D eigenvalue weighted by Gasteiger charge is 2.08. The lowest BCUT2D eigenvalue weighted by molar-refractivity contribution is -0.141. The van der Waals surface area contributed by atoms with Crippen molar-refractivity contribution < 1.29 is 9.53 Å². The van der Waals surface area contributed by atoms with Crippen LogP contribution in [0.5, 0.6) is 0 Å². The van der Waals surface area contributed by atoms with Crippen molar-refractivity contribution >= 4 is 11.7 Å². The third-order valence-electron chi connectivity index (χ3n) is 3.38. The molecule has 6 nitrogen and oxygen atoms in total. The highest BCUT2D eigenvalue weighted by atomic mass is 16.5. The van der Waals surface area contributed by atoms with Crippen molar-refractivity contribution in [2.24, 2.45) is 0 Å². The SMILES string of the molecule is COC(=O)Cn1ncc(N(C)CCc2ccccc2)cc1=O. The number of aromatic nitrogens is 2. The van der Waals surface area contributed by atoms with Gasteiger partial charge in [-0.2, -0.15) is 5.10 Å². The molecule has 22 heavy (non-hydrogen) atoms. The molecule has 0 aliphatic heterocycles. The lowest BCUT2D eigenvalue weighted by atomic mass is 10.1. The summed E-state index contributed by atoms with van der Waals surface area (Å²) in [6.45, 7) is 0.593. The first-order chi connectivity index (χ1) is 10.6. The highest BCUT2D eigenvalue weighted by molar-refractivity contribution is 5.68. The number of methoxy groups -OCH3 is 1. The number of benzene rings is 1. The molecule has 6 heteroatoms. The maximum absolute atomic E-state index is 11.9. The van der Waals surface area contributed by atoms with Crippen LogP contribution in [0, 0.1) is 0 Å². The molecule has 0 N–H and O–H groups in total. The van der Waals surface area contributed by atoms with Crippen LogP contribution in [-0.2, 0) is 22.5 Å². The molecule has 1 aromatic carbocycles. The van der Waals surface area contributed by atoms with Crippen molar-refractivity contribution in [2.45, 2.75) is 13.0 Å². The van der Waals surface area contributed by atoms with Crippen molar-refractivity contribution in [2.75, 3.05) is 25.6 Å². The standard InChI is InChI=1S/C16H19N3O3/c1-18(9-8-13-6-4-3-5-7-13)14-10-15(20)19(17-11-14)12-16(21)22-2/h3-7,10-11H,8-9,12H2,1-2H3. The molecule has 0 saturated carbocycles. The van der Waals surface area contributed by atoms with Gasteiger partial charge in [-0.3, -0.25) is 9.59 Å². The predicted octanol–water partition coefficient (Wildman–Crippen LogP) is 1.10. The van der Waals surface area contributed by atoms with Crippen LogP contribution < -0.4 is 10.5 Å². The van der Waals surface area contributed by atoms with Crippen molar-refractivity contribution in [3.8, 4) is 0 Å². The van der Waals surface area contributed by atoms with E-state index in [1.807, 2.05) is 30.1 Å². The number of rotatable bonds is 6. The summed E-state index contributed by atoms with van der Waals surface area (Å²) in [6.07, 6.45) is 2.46. The monoisotopic (exact) mass is 301 g/mol. The minimum Gasteiger partial charge on any atom is -0.468 e. The molecule has 0 aliphatic rings. The second-order valence-corrected chi connectivity index (χ2v) is 4.94. The summed E-state index contributed by atoms with van der Waals surface area (Å²) in [6, 6.07) is 11.6. The number of carbonyl (C=O) groups is 1. The van der Waals surface area contributed by atoms with Crippen LogP contribution in [-0.4, -0.2) is 36.5 Å². The zero-order valence-electron chi connectivity index (χ0n) is 12.7. The predicted molar refractivity (Wildman–Crippen MR) is 83.9 cm³/mol. The molecule has 0 aliphatic carbocycles. The molecule has 2 rings (SSSR count). The molecule has 0 spiro atoms. The van der Waals surface area contributed by atoms with E-state index in [9.17, 15) is 9.59 Å². The molecule has 0 radical (unpaired) electrons. The molecular formula is C16H19N3O3. The number of hydrogen-bond acceptors (Lipinski definition) is 5. The van der Waals surface area contributed by atoms with Crippen LogP contribution in [0.1, 0.15) is 5.56 Å². The number of anilines is 1. The van der Waals surface area contributed by atoms with E-state index in [0.29, 0.717) is 0 Å². The number of likely N-dealkylation sites (N-methyl/N-ethyl adjacent to an activating group) is 1. The first-order valence-corrected chi connectivity index (χ1v) is 6.99. The summed E-state index contributed by atoms with van der Waals surface area (Å²) in [5.41, 5.74) is 1.64. The van der Waals surface area contributed by atoms with Crippen molar-refractivity contribution in [3.63, 3.8) is 0 Å². The maximum Gasteiger partial charge on any atom is 0.327 e. The number of carbonyl (C=O) groups excluding carboxylic acids is 1. The first kappa shape index (κ1) is 15.8. The fourth-order valence-corrected chi connectivity index (χ4v) is 2.01. The van der Waals surface area contributed by atoms with Crippen LogP contribution in [0.3, 0.4) is 0 Å². The third kappa shape index (κ3) is 4.18. The topological polar surface area (TPSA) is 64.4 Å². The fourth-order valence-electron chi connectivity index (χ4n) is 2.01. The van der Waals surface area contributed by atoms with Crippen molar-refractivity contribution in [3.05, 3.63) is 58.5 Å². The van der Waals surface area contributed by atoms with Crippen LogP contribution in [0.15, 0.2) is 47.4 Å². The Bertz CT molecular complexity index is 683. The Labute approximate surface area is 128 Å². The highest BCUT2D eigenvalue weighted by Crippen LogP contribution is 2.09. The Hall–Kier alpha value is -2.63. The van der Waals surface area contributed by atoms with Gasteiger partial charge in [-0.1, -0.05) is 30.3 Å². The summed E-state index contributed by atoms with van der Waals surface area (Å²) < 4.78 is 5.61. The van der Waals surface area contributed by atoms with Crippen LogP contribution in [0.25, 0.3) is 0 Å². The molecule has 0 unspecified atom stereocenters. The van der Waals surface area contributed by atoms with Crippen LogP contribution >= 0.6 is 0 Å². The zero-order chi connectivity index (χ0) is 15.9. The van der Waals surface area contributed by atoms with Gasteiger partial charge in [-0.15, -0.1) is 0 Å². The molecule has 0 saturated heterocycles. The molecule has 0 atom stereocenters. The average Bonchev–Trinajstić information content (AvgIpc) is 2.55. The van der Waals surface area contributed by atoms with E-state index in [2.05, 4.69) is 22.0 Å². The summed E-state index contributed by atoms with van der Waals surface area (Å²) >= 11 is 0. The van der Waals surface area contributed by atoms with E-state index in [4.69, 9.17) is 0 Å². The molecule has 2 aromatic rings. The number of ether oxygens (including phenoxy) is 1. The quantitative estimate of drug-likeness (QED) is 0.748. The molecular weight excluding hydrogens is 282 g/mol. The summed E-state index contributed by atoms with van der Waals surface area (Å²) in [4.78, 5) is 25.1. The van der Waals surface area contributed by atoms with Gasteiger partial charge in [0.25, 0.3) is 5.56 Å². The summed E-state index contributed by atoms with van der Waals surface area (Å²) in [7, 11) is 3.18. The Kier molecular flexibility index (Phi) is 5.30. The summed E-state index contributed by atoms with van der Waals surface area (Å²) in [5, 5.41) is 4.00. The first-order valence-electron chi connectivity index (χ1n) is 6.99. The van der Waals surface area contributed by atoms with Gasteiger partial charge in [0.15, 0.2) is 0 Å². The number of hydrogen-bond donors (Lipinski definition) is 0. The number of esters is 1. The number of nitrogens with zero attached hydrogens (tertiary/aromatic N) is 3. The molecule has 0 amide bonds. The van der Waals surface area contributed by atoms with Crippen molar-refractivity contribution in [1.29, 1.82) is 0 Å². The molecule has 1 heterocycles. The van der Waals surface area contributed by atoms with E-state index in [-0.39, 0.29) is 12.1 Å². The zero-order valence-corrected chi connectivity index (χ0v) is 12.7. The van der Waals surface area contributed by atoms with E-state index in [1.54, 1.807) is 6.20 Å². The van der Waals surface area contributed by atoms with Gasteiger partial charge in [-0.05, 0) is 12.0 Å². The van der Waals surface area contributed by atoms with Crippen LogP contribution in [0.4, 0.5) is 5.69 Å². The molecule has 116 valence electrons. The molecule has 0 fully saturated rings. The van der Waals surface area contributed by atoms with E-state index in [1.165, 1.54) is 18.7 Å². The second-order valence-electron chi connectivity index (χ2n) is 4.94. The normalized spacial score (nSPS) is 10.3. The van der Waals surface area contributed by atoms with Gasteiger partial charge in [0.2, 0.25) is 0 Å². The largest absolute Gasteiger partial charge is 0.468 e. The molecule has 0 bridgehead atoms. The van der Waals surface area contributed by atoms with Gasteiger partial charge in [0, 0.05) is 19.7 Å². The average molecular weight is 301 g/mol. The summed E-state index contributed by atoms with van der Waals surface area (Å²) in [5.74, 6) is -0.500.